The summed E-state index contributed by atoms with van der Waals surface area (Å²) in [5.41, 5.74) is 0.351. The zero-order valence-electron chi connectivity index (χ0n) is 13.8. The van der Waals surface area contributed by atoms with Crippen LogP contribution in [0.1, 0.15) is 38.2 Å². The molecule has 4 atom stereocenters. The molecule has 2 aliphatic rings. The molecular weight excluding hydrogens is 312 g/mol. The zero-order valence-corrected chi connectivity index (χ0v) is 14.5. The highest BCUT2D eigenvalue weighted by atomic mass is 35.5. The zero-order chi connectivity index (χ0) is 16.4. The summed E-state index contributed by atoms with van der Waals surface area (Å²) in [7, 11) is 1.65. The average molecular weight is 337 g/mol. The number of hydrogen-bond acceptors (Lipinski definition) is 2. The van der Waals surface area contributed by atoms with Crippen molar-refractivity contribution in [2.45, 2.75) is 44.2 Å². The van der Waals surface area contributed by atoms with Gasteiger partial charge in [-0.2, -0.15) is 0 Å². The highest BCUT2D eigenvalue weighted by Gasteiger charge is 2.40. The Balaban J connectivity index is 1.56. The van der Waals surface area contributed by atoms with E-state index in [1.165, 1.54) is 19.3 Å². The summed E-state index contributed by atoms with van der Waals surface area (Å²) in [6.07, 6.45) is 5.01. The second-order valence-electron chi connectivity index (χ2n) is 7.05. The van der Waals surface area contributed by atoms with Crippen LogP contribution < -0.4 is 10.6 Å². The Morgan fingerprint density at radius 3 is 2.83 bits per heavy atom. The molecule has 1 aromatic rings. The maximum Gasteiger partial charge on any atom is 0.315 e. The van der Waals surface area contributed by atoms with Crippen LogP contribution >= 0.6 is 11.6 Å². The molecule has 2 fully saturated rings. The van der Waals surface area contributed by atoms with Crippen LogP contribution in [0.3, 0.4) is 0 Å². The van der Waals surface area contributed by atoms with Gasteiger partial charge in [-0.15, -0.1) is 0 Å². The third-order valence-corrected chi connectivity index (χ3v) is 5.76. The van der Waals surface area contributed by atoms with Gasteiger partial charge in [0.05, 0.1) is 6.54 Å². The van der Waals surface area contributed by atoms with Crippen molar-refractivity contribution in [2.24, 2.45) is 11.8 Å². The van der Waals surface area contributed by atoms with Gasteiger partial charge in [-0.25, -0.2) is 4.79 Å². The topological polar surface area (TPSA) is 50.4 Å². The Kier molecular flexibility index (Phi) is 4.83. The number of fused-ring (bicyclic) bond motifs is 2. The van der Waals surface area contributed by atoms with Gasteiger partial charge in [0.2, 0.25) is 0 Å². The van der Waals surface area contributed by atoms with E-state index in [1.807, 2.05) is 31.2 Å². The van der Waals surface area contributed by atoms with Crippen LogP contribution in [0.5, 0.6) is 0 Å². The lowest BCUT2D eigenvalue weighted by Crippen LogP contribution is -2.48. The maximum absolute atomic E-state index is 12.2. The van der Waals surface area contributed by atoms with Gasteiger partial charge < -0.3 is 15.4 Å². The predicted octanol–water partition coefficient (Wildman–Crippen LogP) is 3.69. The molecular formula is C18H25ClN2O2. The molecule has 0 aromatic heterocycles. The minimum Gasteiger partial charge on any atom is -0.372 e. The van der Waals surface area contributed by atoms with Crippen LogP contribution in [-0.4, -0.2) is 25.7 Å². The van der Waals surface area contributed by atoms with Crippen molar-refractivity contribution in [1.82, 2.24) is 10.6 Å². The maximum atomic E-state index is 12.2. The lowest BCUT2D eigenvalue weighted by molar-refractivity contribution is 0.00478. The number of halogens is 1. The molecule has 4 nitrogen and oxygen atoms in total. The summed E-state index contributed by atoms with van der Waals surface area (Å²) >= 11 is 6.06. The van der Waals surface area contributed by atoms with E-state index in [2.05, 4.69) is 10.6 Å². The number of urea groups is 1. The van der Waals surface area contributed by atoms with Crippen molar-refractivity contribution in [2.75, 3.05) is 13.7 Å². The molecule has 2 bridgehead atoms. The molecule has 0 heterocycles. The van der Waals surface area contributed by atoms with Crippen LogP contribution in [0.4, 0.5) is 4.79 Å². The van der Waals surface area contributed by atoms with Crippen LogP contribution in [0.15, 0.2) is 24.3 Å². The molecule has 0 spiro atoms. The Hall–Kier alpha value is -1.26. The van der Waals surface area contributed by atoms with Gasteiger partial charge in [-0.3, -0.25) is 0 Å². The Bertz CT molecular complexity index is 580. The first-order valence-electron chi connectivity index (χ1n) is 8.36. The molecule has 0 aliphatic heterocycles. The summed E-state index contributed by atoms with van der Waals surface area (Å²) in [6, 6.07) is 7.80. The molecule has 4 unspecified atom stereocenters. The fourth-order valence-electron chi connectivity index (χ4n) is 4.00. The molecule has 5 heteroatoms. The first kappa shape index (κ1) is 16.6. The number of ether oxygens (including phenoxy) is 1. The van der Waals surface area contributed by atoms with Crippen molar-refractivity contribution in [3.05, 3.63) is 34.9 Å². The molecule has 0 radical (unpaired) electrons. The van der Waals surface area contributed by atoms with E-state index in [0.29, 0.717) is 23.5 Å². The molecule has 0 saturated heterocycles. The minimum absolute atomic E-state index is 0.104. The number of benzene rings is 1. The van der Waals surface area contributed by atoms with Gasteiger partial charge in [0.25, 0.3) is 0 Å². The fraction of sp³-hybridized carbons (Fsp3) is 0.611. The number of carbonyl (C=O) groups excluding carboxylic acids is 1. The van der Waals surface area contributed by atoms with Crippen LogP contribution in [-0.2, 0) is 10.3 Å². The summed E-state index contributed by atoms with van der Waals surface area (Å²) in [5, 5.41) is 6.76. The molecule has 2 N–H and O–H groups in total. The van der Waals surface area contributed by atoms with Crippen molar-refractivity contribution in [1.29, 1.82) is 0 Å². The lowest BCUT2D eigenvalue weighted by Gasteiger charge is -2.30. The Morgan fingerprint density at radius 2 is 2.22 bits per heavy atom. The number of methoxy groups -OCH3 is 1. The summed E-state index contributed by atoms with van der Waals surface area (Å²) in [4.78, 5) is 12.2. The molecule has 126 valence electrons. The smallest absolute Gasteiger partial charge is 0.315 e. The number of rotatable bonds is 5. The van der Waals surface area contributed by atoms with Gasteiger partial charge in [0.1, 0.15) is 5.60 Å². The highest BCUT2D eigenvalue weighted by Crippen LogP contribution is 2.44. The average Bonchev–Trinajstić information content (AvgIpc) is 3.15. The quantitative estimate of drug-likeness (QED) is 0.861. The van der Waals surface area contributed by atoms with Crippen LogP contribution in [0.25, 0.3) is 0 Å². The van der Waals surface area contributed by atoms with E-state index in [4.69, 9.17) is 16.3 Å². The molecule has 1 aromatic carbocycles. The second kappa shape index (κ2) is 6.70. The van der Waals surface area contributed by atoms with E-state index < -0.39 is 5.60 Å². The first-order chi connectivity index (χ1) is 11.0. The normalized spacial score (nSPS) is 28.4. The number of amides is 2. The molecule has 2 aliphatic carbocycles. The SMILES string of the molecule is COC(C)(CNC(=O)NC1CC2CCC1C2)c1cccc(Cl)c1. The predicted molar refractivity (Wildman–Crippen MR) is 91.6 cm³/mol. The second-order valence-corrected chi connectivity index (χ2v) is 7.49. The van der Waals surface area contributed by atoms with E-state index in [-0.39, 0.29) is 6.03 Å². The van der Waals surface area contributed by atoms with Crippen molar-refractivity contribution in [3.63, 3.8) is 0 Å². The number of hydrogen-bond donors (Lipinski definition) is 2. The third-order valence-electron chi connectivity index (χ3n) is 5.53. The van der Waals surface area contributed by atoms with E-state index in [1.54, 1.807) is 7.11 Å². The van der Waals surface area contributed by atoms with Gasteiger partial charge in [-0.05, 0) is 55.7 Å². The molecule has 23 heavy (non-hydrogen) atoms. The van der Waals surface area contributed by atoms with Crippen molar-refractivity contribution < 1.29 is 9.53 Å². The van der Waals surface area contributed by atoms with Crippen molar-refractivity contribution in [3.8, 4) is 0 Å². The third kappa shape index (κ3) is 3.64. The van der Waals surface area contributed by atoms with E-state index in [9.17, 15) is 4.79 Å². The minimum atomic E-state index is -0.600. The summed E-state index contributed by atoms with van der Waals surface area (Å²) in [5.74, 6) is 1.49. The van der Waals surface area contributed by atoms with Gasteiger partial charge in [0.15, 0.2) is 0 Å². The summed E-state index contributed by atoms with van der Waals surface area (Å²) in [6.45, 7) is 2.35. The van der Waals surface area contributed by atoms with Gasteiger partial charge in [-0.1, -0.05) is 30.2 Å². The van der Waals surface area contributed by atoms with Gasteiger partial charge in [0, 0.05) is 18.2 Å². The monoisotopic (exact) mass is 336 g/mol. The molecule has 3 rings (SSSR count). The lowest BCUT2D eigenvalue weighted by atomic mass is 9.95. The highest BCUT2D eigenvalue weighted by molar-refractivity contribution is 6.30. The van der Waals surface area contributed by atoms with Crippen LogP contribution in [0, 0.1) is 11.8 Å². The largest absolute Gasteiger partial charge is 0.372 e. The van der Waals surface area contributed by atoms with E-state index >= 15 is 0 Å². The Labute approximate surface area is 142 Å². The Morgan fingerprint density at radius 1 is 1.39 bits per heavy atom. The summed E-state index contributed by atoms with van der Waals surface area (Å²) < 4.78 is 5.65. The van der Waals surface area contributed by atoms with E-state index in [0.717, 1.165) is 17.9 Å². The van der Waals surface area contributed by atoms with Crippen molar-refractivity contribution >= 4 is 17.6 Å². The van der Waals surface area contributed by atoms with Crippen LogP contribution in [0.2, 0.25) is 5.02 Å². The fourth-order valence-corrected chi connectivity index (χ4v) is 4.19. The first-order valence-corrected chi connectivity index (χ1v) is 8.73. The molecule has 2 saturated carbocycles. The molecule has 2 amide bonds. The number of nitrogens with one attached hydrogen (secondary N) is 2. The standard InChI is InChI=1S/C18H25ClN2O2/c1-18(23-2,14-4-3-5-15(19)10-14)11-20-17(22)21-16-9-12-6-7-13(16)8-12/h3-5,10,12-13,16H,6-9,11H2,1-2H3,(H2,20,21,22). The number of carbonyl (C=O) groups is 1. The van der Waals surface area contributed by atoms with Gasteiger partial charge >= 0.3 is 6.03 Å².